The summed E-state index contributed by atoms with van der Waals surface area (Å²) in [6.45, 7) is 6.68. The number of benzene rings is 1. The van der Waals surface area contributed by atoms with E-state index < -0.39 is 8.07 Å². The minimum atomic E-state index is -1.81. The van der Waals surface area contributed by atoms with Crippen molar-refractivity contribution in [3.8, 4) is 11.8 Å². The fourth-order valence-electron chi connectivity index (χ4n) is 1.93. The first-order valence-electron chi connectivity index (χ1n) is 6.69. The summed E-state index contributed by atoms with van der Waals surface area (Å²) in [6, 6.07) is 9.70. The first kappa shape index (κ1) is 15.3. The van der Waals surface area contributed by atoms with Crippen molar-refractivity contribution >= 4 is 13.4 Å². The Labute approximate surface area is 125 Å². The molecule has 1 aromatic carbocycles. The van der Waals surface area contributed by atoms with E-state index in [1.54, 1.807) is 0 Å². The molecule has 0 spiro atoms. The minimum Gasteiger partial charge on any atom is -0.592 e. The Morgan fingerprint density at radius 1 is 1.29 bits per heavy atom. The van der Waals surface area contributed by atoms with Crippen LogP contribution in [0, 0.1) is 17.0 Å². The summed E-state index contributed by atoms with van der Waals surface area (Å²) in [5.41, 5.74) is 0.945. The number of rotatable bonds is 4. The molecule has 0 aliphatic carbocycles. The molecule has 110 valence electrons. The molecule has 0 unspecified atom stereocenters. The van der Waals surface area contributed by atoms with E-state index in [2.05, 4.69) is 36.8 Å². The van der Waals surface area contributed by atoms with Crippen molar-refractivity contribution in [1.82, 2.24) is 5.27 Å². The zero-order chi connectivity index (χ0) is 15.3. The summed E-state index contributed by atoms with van der Waals surface area (Å²) in [7, 11) is -1.81. The highest BCUT2D eigenvalue weighted by Crippen LogP contribution is 2.04. The van der Waals surface area contributed by atoms with Gasteiger partial charge in [-0.25, -0.2) is 0 Å². The Balaban J connectivity index is 1.92. The molecular weight excluding hydrogens is 284 g/mol. The van der Waals surface area contributed by atoms with Crippen LogP contribution in [0.3, 0.4) is 0 Å². The molecule has 0 aliphatic rings. The van der Waals surface area contributed by atoms with Crippen LogP contribution in [-0.4, -0.2) is 20.0 Å². The number of aromatic nitrogens is 2. The maximum Gasteiger partial charge on any atom is 0.237 e. The lowest BCUT2D eigenvalue weighted by Crippen LogP contribution is -2.58. The van der Waals surface area contributed by atoms with E-state index in [0.29, 0.717) is 15.9 Å². The highest BCUT2D eigenvalue weighted by atomic mass is 28.3. The van der Waals surface area contributed by atoms with Crippen LogP contribution in [-0.2, 0) is 11.3 Å². The summed E-state index contributed by atoms with van der Waals surface area (Å²) in [5.74, 6) is 6.44. The first-order chi connectivity index (χ1) is 9.98. The van der Waals surface area contributed by atoms with Crippen molar-refractivity contribution in [2.45, 2.75) is 26.2 Å². The third-order valence-electron chi connectivity index (χ3n) is 2.80. The van der Waals surface area contributed by atoms with E-state index >= 15 is 0 Å². The summed E-state index contributed by atoms with van der Waals surface area (Å²) >= 11 is 0. The van der Waals surface area contributed by atoms with Crippen LogP contribution in [0.5, 0.6) is 0 Å². The monoisotopic (exact) mass is 302 g/mol. The lowest BCUT2D eigenvalue weighted by molar-refractivity contribution is -0.664. The summed E-state index contributed by atoms with van der Waals surface area (Å²) in [6.07, 6.45) is 0. The molecule has 5 nitrogen and oxygen atoms in total. The van der Waals surface area contributed by atoms with E-state index in [1.807, 2.05) is 30.3 Å². The molecule has 1 aromatic heterocycles. The molecule has 1 heterocycles. The normalized spacial score (nSPS) is 11.0. The number of hydrogen-bond donors (Lipinski definition) is 0. The fourth-order valence-corrected chi connectivity index (χ4v) is 3.50. The van der Waals surface area contributed by atoms with Gasteiger partial charge in [0.25, 0.3) is 0 Å². The van der Waals surface area contributed by atoms with Gasteiger partial charge in [-0.3, -0.25) is 0 Å². The van der Waals surface area contributed by atoms with Crippen molar-refractivity contribution in [2.24, 2.45) is 0 Å². The fraction of sp³-hybridized carbons (Fsp3) is 0.333. The topological polar surface area (TPSA) is 62.2 Å². The second-order valence-corrected chi connectivity index (χ2v) is 10.6. The van der Waals surface area contributed by atoms with Crippen LogP contribution < -0.4 is 10.2 Å². The molecule has 0 radical (unpaired) electrons. The molecule has 0 bridgehead atoms. The smallest absolute Gasteiger partial charge is 0.237 e. The van der Waals surface area contributed by atoms with Crippen molar-refractivity contribution in [3.05, 3.63) is 46.9 Å². The number of ether oxygens (including phenoxy) is 1. The summed E-state index contributed by atoms with van der Waals surface area (Å²) in [4.78, 5) is 0.570. The third-order valence-corrected chi connectivity index (χ3v) is 4.70. The molecule has 0 saturated heterocycles. The molecule has 0 atom stereocenters. The van der Waals surface area contributed by atoms with Gasteiger partial charge in [0.1, 0.15) is 13.2 Å². The van der Waals surface area contributed by atoms with Gasteiger partial charge >= 0.3 is 0 Å². The third kappa shape index (κ3) is 4.18. The maximum absolute atomic E-state index is 11.6. The molecule has 2 aromatic rings. The van der Waals surface area contributed by atoms with Gasteiger partial charge in [-0.2, -0.15) is 0 Å². The van der Waals surface area contributed by atoms with Crippen molar-refractivity contribution in [3.63, 3.8) is 0 Å². The van der Waals surface area contributed by atoms with Crippen LogP contribution >= 0.6 is 0 Å². The standard InChI is InChI=1S/C15H18N2O3Si/c1-21(2,3)15-14(20-16-17(15)18)12-19-11-7-10-13-8-5-4-6-9-13/h4-6,8-9H,11-12H2,1-3H3. The van der Waals surface area contributed by atoms with E-state index in [9.17, 15) is 5.21 Å². The predicted molar refractivity (Wildman–Crippen MR) is 81.4 cm³/mol. The highest BCUT2D eigenvalue weighted by molar-refractivity contribution is 6.87. The van der Waals surface area contributed by atoms with Gasteiger partial charge in [-0.1, -0.05) is 49.7 Å². The van der Waals surface area contributed by atoms with E-state index in [1.165, 1.54) is 0 Å². The van der Waals surface area contributed by atoms with Gasteiger partial charge in [0.05, 0.1) is 0 Å². The van der Waals surface area contributed by atoms with Gasteiger partial charge < -0.3 is 14.5 Å². The second kappa shape index (κ2) is 6.57. The summed E-state index contributed by atoms with van der Waals surface area (Å²) < 4.78 is 10.5. The molecule has 0 saturated carbocycles. The van der Waals surface area contributed by atoms with Crippen LogP contribution in [0.2, 0.25) is 19.6 Å². The Hall–Kier alpha value is -2.10. The minimum absolute atomic E-state index is 0.214. The van der Waals surface area contributed by atoms with Crippen molar-refractivity contribution in [1.29, 1.82) is 0 Å². The van der Waals surface area contributed by atoms with Gasteiger partial charge in [0, 0.05) is 5.56 Å². The molecule has 0 amide bonds. The first-order valence-corrected chi connectivity index (χ1v) is 10.2. The van der Waals surface area contributed by atoms with Crippen LogP contribution in [0.1, 0.15) is 11.3 Å². The Kier molecular flexibility index (Phi) is 4.78. The highest BCUT2D eigenvalue weighted by Gasteiger charge is 2.34. The molecule has 0 aliphatic heterocycles. The Morgan fingerprint density at radius 2 is 2.00 bits per heavy atom. The van der Waals surface area contributed by atoms with Crippen LogP contribution in [0.4, 0.5) is 0 Å². The average Bonchev–Trinajstić information content (AvgIpc) is 2.80. The summed E-state index contributed by atoms with van der Waals surface area (Å²) in [5, 5.41) is 15.7. The SMILES string of the molecule is C[Si](C)(C)c1c(COCC#Cc2ccccc2)on[n+]1[O-]. The van der Waals surface area contributed by atoms with Crippen molar-refractivity contribution in [2.75, 3.05) is 6.61 Å². The molecule has 6 heteroatoms. The quantitative estimate of drug-likeness (QED) is 0.282. The van der Waals surface area contributed by atoms with Crippen LogP contribution in [0.25, 0.3) is 0 Å². The number of nitrogens with zero attached hydrogens (tertiary/aromatic N) is 2. The van der Waals surface area contributed by atoms with Crippen molar-refractivity contribution < 1.29 is 14.1 Å². The maximum atomic E-state index is 11.6. The molecule has 2 rings (SSSR count). The Morgan fingerprint density at radius 3 is 2.67 bits per heavy atom. The lowest BCUT2D eigenvalue weighted by Gasteiger charge is -2.09. The lowest BCUT2D eigenvalue weighted by atomic mass is 10.2. The number of hydrogen-bond acceptors (Lipinski definition) is 4. The van der Waals surface area contributed by atoms with Crippen LogP contribution in [0.15, 0.2) is 34.9 Å². The molecule has 0 N–H and O–H groups in total. The zero-order valence-corrected chi connectivity index (χ0v) is 13.4. The van der Waals surface area contributed by atoms with Gasteiger partial charge in [0.15, 0.2) is 8.07 Å². The largest absolute Gasteiger partial charge is 0.592 e. The second-order valence-electron chi connectivity index (χ2n) is 5.63. The predicted octanol–water partition coefficient (Wildman–Crippen LogP) is 1.42. The van der Waals surface area contributed by atoms with E-state index in [-0.39, 0.29) is 13.2 Å². The average molecular weight is 302 g/mol. The van der Waals surface area contributed by atoms with Gasteiger partial charge in [-0.15, -0.1) is 0 Å². The van der Waals surface area contributed by atoms with Gasteiger partial charge in [-0.05, 0) is 17.0 Å². The van der Waals surface area contributed by atoms with E-state index in [0.717, 1.165) is 5.56 Å². The zero-order valence-electron chi connectivity index (χ0n) is 12.4. The van der Waals surface area contributed by atoms with Gasteiger partial charge in [0.2, 0.25) is 16.3 Å². The molecular formula is C15H18N2O3Si. The van der Waals surface area contributed by atoms with E-state index in [4.69, 9.17) is 9.26 Å². The molecule has 0 fully saturated rings. The molecule has 21 heavy (non-hydrogen) atoms. The Bertz CT molecular complexity index is 651.